The number of para-hydroxylation sites is 1. The molecule has 9 heteroatoms. The molecular weight excluding hydrogens is 379 g/mol. The summed E-state index contributed by atoms with van der Waals surface area (Å²) in [5.74, 6) is 0.663. The van der Waals surface area contributed by atoms with Crippen LogP contribution in [0.3, 0.4) is 0 Å². The van der Waals surface area contributed by atoms with E-state index in [2.05, 4.69) is 15.6 Å². The minimum absolute atomic E-state index is 0.259. The maximum absolute atomic E-state index is 13.0. The van der Waals surface area contributed by atoms with Gasteiger partial charge < -0.3 is 10.1 Å². The normalized spacial score (nSPS) is 11.1. The lowest BCUT2D eigenvalue weighted by Gasteiger charge is -2.13. The molecule has 27 heavy (non-hydrogen) atoms. The third kappa shape index (κ3) is 4.56. The van der Waals surface area contributed by atoms with Gasteiger partial charge in [-0.3, -0.25) is 5.32 Å². The van der Waals surface area contributed by atoms with Crippen LogP contribution in [0.5, 0.6) is 5.75 Å². The minimum Gasteiger partial charge on any atom is -0.497 e. The van der Waals surface area contributed by atoms with Crippen molar-refractivity contribution >= 4 is 28.2 Å². The summed E-state index contributed by atoms with van der Waals surface area (Å²) in [7, 11) is 1.55. The first-order chi connectivity index (χ1) is 12.9. The van der Waals surface area contributed by atoms with Gasteiger partial charge in [-0.25, -0.2) is 9.78 Å². The predicted molar refractivity (Wildman–Crippen MR) is 98.2 cm³/mol. The van der Waals surface area contributed by atoms with E-state index in [4.69, 9.17) is 4.74 Å². The number of hydrogen-bond donors (Lipinski definition) is 2. The molecule has 2 amide bonds. The zero-order chi connectivity index (χ0) is 19.4. The Hall–Kier alpha value is -3.07. The molecule has 1 heterocycles. The molecule has 0 spiro atoms. The van der Waals surface area contributed by atoms with Crippen LogP contribution in [-0.4, -0.2) is 18.1 Å². The summed E-state index contributed by atoms with van der Waals surface area (Å²) in [6, 6.07) is 11.2. The first-order valence-electron chi connectivity index (χ1n) is 7.71. The van der Waals surface area contributed by atoms with Gasteiger partial charge in [-0.15, -0.1) is 11.3 Å². The molecule has 3 rings (SSSR count). The number of rotatable bonds is 4. The standard InChI is InChI=1S/C18H14F3N3O2S/c1-26-12-6-4-5-11(9-12)15-10-27-17(23-15)24-16(25)22-14-8-3-2-7-13(14)18(19,20)21/h2-10H,1H3,(H2,22,23,24,25). The van der Waals surface area contributed by atoms with Crippen LogP contribution in [0.25, 0.3) is 11.3 Å². The van der Waals surface area contributed by atoms with E-state index in [0.717, 1.165) is 23.0 Å². The van der Waals surface area contributed by atoms with Gasteiger partial charge in [0, 0.05) is 10.9 Å². The lowest BCUT2D eigenvalue weighted by atomic mass is 10.1. The van der Waals surface area contributed by atoms with E-state index in [9.17, 15) is 18.0 Å². The largest absolute Gasteiger partial charge is 0.497 e. The molecule has 2 aromatic carbocycles. The molecule has 2 N–H and O–H groups in total. The van der Waals surface area contributed by atoms with Crippen molar-refractivity contribution in [2.24, 2.45) is 0 Å². The Morgan fingerprint density at radius 3 is 2.63 bits per heavy atom. The second-order valence-electron chi connectivity index (χ2n) is 5.39. The molecule has 0 atom stereocenters. The summed E-state index contributed by atoms with van der Waals surface area (Å²) < 4.78 is 44.1. The topological polar surface area (TPSA) is 63.2 Å². The number of thiazole rings is 1. The molecule has 0 bridgehead atoms. The van der Waals surface area contributed by atoms with Crippen LogP contribution in [0.2, 0.25) is 0 Å². The Balaban J connectivity index is 1.72. The Bertz CT molecular complexity index is 957. The van der Waals surface area contributed by atoms with Gasteiger partial charge in [0.05, 0.1) is 24.1 Å². The smallest absolute Gasteiger partial charge is 0.418 e. The second-order valence-corrected chi connectivity index (χ2v) is 6.25. The molecule has 0 aliphatic heterocycles. The SMILES string of the molecule is COc1cccc(-c2csc(NC(=O)Nc3ccccc3C(F)(F)F)n2)c1. The number of benzene rings is 2. The summed E-state index contributed by atoms with van der Waals surface area (Å²) in [6.07, 6.45) is -4.56. The lowest BCUT2D eigenvalue weighted by Crippen LogP contribution is -2.21. The van der Waals surface area contributed by atoms with Crippen molar-refractivity contribution in [1.29, 1.82) is 0 Å². The van der Waals surface area contributed by atoms with E-state index in [0.29, 0.717) is 11.4 Å². The highest BCUT2D eigenvalue weighted by Crippen LogP contribution is 2.34. The van der Waals surface area contributed by atoms with E-state index in [1.165, 1.54) is 18.2 Å². The summed E-state index contributed by atoms with van der Waals surface area (Å²) in [5.41, 5.74) is 0.162. The van der Waals surface area contributed by atoms with Crippen molar-refractivity contribution in [2.45, 2.75) is 6.18 Å². The number of alkyl halides is 3. The zero-order valence-corrected chi connectivity index (χ0v) is 14.8. The third-order valence-corrected chi connectivity index (χ3v) is 4.33. The summed E-state index contributed by atoms with van der Waals surface area (Å²) in [4.78, 5) is 16.3. The molecule has 1 aromatic heterocycles. The molecule has 0 radical (unpaired) electrons. The van der Waals surface area contributed by atoms with Crippen LogP contribution in [0.15, 0.2) is 53.9 Å². The van der Waals surface area contributed by atoms with Gasteiger partial charge in [0.15, 0.2) is 5.13 Å². The van der Waals surface area contributed by atoms with Gasteiger partial charge >= 0.3 is 12.2 Å². The van der Waals surface area contributed by atoms with Crippen molar-refractivity contribution in [1.82, 2.24) is 4.98 Å². The highest BCUT2D eigenvalue weighted by molar-refractivity contribution is 7.14. The number of carbonyl (C=O) groups excluding carboxylic acids is 1. The highest BCUT2D eigenvalue weighted by Gasteiger charge is 2.33. The molecule has 0 saturated carbocycles. The molecule has 0 saturated heterocycles. The van der Waals surface area contributed by atoms with Crippen LogP contribution in [0, 0.1) is 0 Å². The highest BCUT2D eigenvalue weighted by atomic mass is 32.1. The van der Waals surface area contributed by atoms with E-state index in [1.807, 2.05) is 6.07 Å². The van der Waals surface area contributed by atoms with Gasteiger partial charge in [0.25, 0.3) is 0 Å². The monoisotopic (exact) mass is 393 g/mol. The van der Waals surface area contributed by atoms with E-state index in [1.54, 1.807) is 30.7 Å². The molecule has 0 aliphatic rings. The van der Waals surface area contributed by atoms with Crippen molar-refractivity contribution in [2.75, 3.05) is 17.7 Å². The van der Waals surface area contributed by atoms with Crippen LogP contribution < -0.4 is 15.4 Å². The maximum atomic E-state index is 13.0. The number of amides is 2. The first-order valence-corrected chi connectivity index (χ1v) is 8.59. The number of nitrogens with one attached hydrogen (secondary N) is 2. The van der Waals surface area contributed by atoms with Gasteiger partial charge in [-0.2, -0.15) is 13.2 Å². The maximum Gasteiger partial charge on any atom is 0.418 e. The molecule has 5 nitrogen and oxygen atoms in total. The average Bonchev–Trinajstić information content (AvgIpc) is 3.09. The molecule has 140 valence electrons. The molecule has 3 aromatic rings. The fourth-order valence-electron chi connectivity index (χ4n) is 2.34. The van der Waals surface area contributed by atoms with Crippen LogP contribution in [-0.2, 0) is 6.18 Å². The van der Waals surface area contributed by atoms with Gasteiger partial charge in [0.1, 0.15) is 5.75 Å². The molecule has 0 aliphatic carbocycles. The number of nitrogens with zero attached hydrogens (tertiary/aromatic N) is 1. The minimum atomic E-state index is -4.56. The summed E-state index contributed by atoms with van der Waals surface area (Å²) >= 11 is 1.16. The number of ether oxygens (including phenoxy) is 1. The van der Waals surface area contributed by atoms with Crippen molar-refractivity contribution < 1.29 is 22.7 Å². The number of anilines is 2. The Morgan fingerprint density at radius 1 is 1.11 bits per heavy atom. The van der Waals surface area contributed by atoms with Crippen LogP contribution in [0.1, 0.15) is 5.56 Å². The van der Waals surface area contributed by atoms with Crippen molar-refractivity contribution in [3.05, 3.63) is 59.5 Å². The molecule has 0 unspecified atom stereocenters. The Labute approximate surface area is 156 Å². The zero-order valence-electron chi connectivity index (χ0n) is 14.0. The molecule has 0 fully saturated rings. The number of methoxy groups -OCH3 is 1. The van der Waals surface area contributed by atoms with E-state index in [-0.39, 0.29) is 10.8 Å². The first kappa shape index (κ1) is 18.7. The number of halogens is 3. The van der Waals surface area contributed by atoms with E-state index < -0.39 is 17.8 Å². The summed E-state index contributed by atoms with van der Waals surface area (Å²) in [5, 5.41) is 6.65. The van der Waals surface area contributed by atoms with Crippen LogP contribution in [0.4, 0.5) is 28.8 Å². The fraction of sp³-hybridized carbons (Fsp3) is 0.111. The lowest BCUT2D eigenvalue weighted by molar-refractivity contribution is -0.136. The van der Waals surface area contributed by atoms with Crippen molar-refractivity contribution in [3.8, 4) is 17.0 Å². The predicted octanol–water partition coefficient (Wildman–Crippen LogP) is 5.48. The van der Waals surface area contributed by atoms with E-state index >= 15 is 0 Å². The van der Waals surface area contributed by atoms with Gasteiger partial charge in [-0.1, -0.05) is 24.3 Å². The second kappa shape index (κ2) is 7.67. The third-order valence-electron chi connectivity index (χ3n) is 3.57. The quantitative estimate of drug-likeness (QED) is 0.617. The average molecular weight is 393 g/mol. The number of carbonyl (C=O) groups is 1. The van der Waals surface area contributed by atoms with Crippen LogP contribution >= 0.6 is 11.3 Å². The van der Waals surface area contributed by atoms with Gasteiger partial charge in [-0.05, 0) is 24.3 Å². The van der Waals surface area contributed by atoms with Gasteiger partial charge in [0.2, 0.25) is 0 Å². The Morgan fingerprint density at radius 2 is 1.89 bits per heavy atom. The number of urea groups is 1. The molecular formula is C18H14F3N3O2S. The number of hydrogen-bond acceptors (Lipinski definition) is 4. The fourth-order valence-corrected chi connectivity index (χ4v) is 3.05. The van der Waals surface area contributed by atoms with Crippen molar-refractivity contribution in [3.63, 3.8) is 0 Å². The summed E-state index contributed by atoms with van der Waals surface area (Å²) in [6.45, 7) is 0. The Kier molecular flexibility index (Phi) is 5.31. The number of aromatic nitrogens is 1.